The zero-order valence-electron chi connectivity index (χ0n) is 19.1. The van der Waals surface area contributed by atoms with Crippen LogP contribution >= 0.6 is 11.3 Å². The lowest BCUT2D eigenvalue weighted by atomic mass is 9.95. The van der Waals surface area contributed by atoms with Gasteiger partial charge >= 0.3 is 5.91 Å². The number of amides is 1. The van der Waals surface area contributed by atoms with Gasteiger partial charge in [0, 0.05) is 5.56 Å². The minimum absolute atomic E-state index is 0.00344. The fourth-order valence-corrected chi connectivity index (χ4v) is 5.18. The van der Waals surface area contributed by atoms with E-state index >= 15 is 0 Å². The second-order valence-electron chi connectivity index (χ2n) is 7.87. The first-order valence-corrected chi connectivity index (χ1v) is 11.9. The lowest BCUT2D eigenvalue weighted by molar-refractivity contribution is -0.132. The van der Waals surface area contributed by atoms with Gasteiger partial charge in [-0.1, -0.05) is 53.8 Å². The van der Waals surface area contributed by atoms with Gasteiger partial charge in [0.2, 0.25) is 0 Å². The Labute approximate surface area is 205 Å². The number of anilines is 1. The molecule has 1 aliphatic rings. The number of carbonyl (C=O) groups is 2. The molecule has 1 fully saturated rings. The van der Waals surface area contributed by atoms with E-state index in [-0.39, 0.29) is 11.3 Å². The van der Waals surface area contributed by atoms with Crippen LogP contribution in [0.15, 0.2) is 78.4 Å². The van der Waals surface area contributed by atoms with Gasteiger partial charge in [0.05, 0.1) is 35.5 Å². The molecule has 0 spiro atoms. The Morgan fingerprint density at radius 1 is 1.03 bits per heavy atom. The maximum absolute atomic E-state index is 13.4. The predicted octanol–water partition coefficient (Wildman–Crippen LogP) is 5.33. The van der Waals surface area contributed by atoms with E-state index in [9.17, 15) is 14.7 Å². The second kappa shape index (κ2) is 9.23. The molecule has 1 unspecified atom stereocenters. The number of fused-ring (bicyclic) bond motifs is 1. The van der Waals surface area contributed by atoms with Crippen LogP contribution in [0.25, 0.3) is 16.0 Å². The predicted molar refractivity (Wildman–Crippen MR) is 135 cm³/mol. The summed E-state index contributed by atoms with van der Waals surface area (Å²) in [7, 11) is 1.52. The van der Waals surface area contributed by atoms with Gasteiger partial charge in [-0.2, -0.15) is 0 Å². The third-order valence-electron chi connectivity index (χ3n) is 5.77. The Balaban J connectivity index is 1.68. The van der Waals surface area contributed by atoms with E-state index in [1.165, 1.54) is 23.3 Å². The number of ketones is 1. The number of carbonyl (C=O) groups excluding carboxylic acids is 2. The number of rotatable bonds is 6. The summed E-state index contributed by atoms with van der Waals surface area (Å²) < 4.78 is 11.7. The Morgan fingerprint density at radius 2 is 1.83 bits per heavy atom. The van der Waals surface area contributed by atoms with E-state index in [0.29, 0.717) is 39.9 Å². The van der Waals surface area contributed by atoms with Crippen LogP contribution in [-0.2, 0) is 9.59 Å². The molecule has 1 N–H and O–H groups in total. The van der Waals surface area contributed by atoms with E-state index in [0.717, 1.165) is 4.70 Å². The molecule has 1 amide bonds. The molecule has 5 rings (SSSR count). The van der Waals surface area contributed by atoms with E-state index in [1.54, 1.807) is 24.3 Å². The van der Waals surface area contributed by atoms with Gasteiger partial charge in [-0.25, -0.2) is 4.98 Å². The van der Waals surface area contributed by atoms with Crippen LogP contribution in [0.1, 0.15) is 24.1 Å². The molecule has 7 nitrogen and oxygen atoms in total. The highest BCUT2D eigenvalue weighted by atomic mass is 32.1. The monoisotopic (exact) mass is 486 g/mol. The molecule has 1 saturated heterocycles. The number of methoxy groups -OCH3 is 1. The van der Waals surface area contributed by atoms with Gasteiger partial charge in [0.1, 0.15) is 17.3 Å². The minimum atomic E-state index is -0.839. The highest BCUT2D eigenvalue weighted by Gasteiger charge is 2.48. The van der Waals surface area contributed by atoms with E-state index in [2.05, 4.69) is 4.98 Å². The molecule has 176 valence electrons. The number of benzene rings is 3. The molecule has 2 heterocycles. The molecule has 1 aromatic heterocycles. The lowest BCUT2D eigenvalue weighted by Crippen LogP contribution is -2.29. The van der Waals surface area contributed by atoms with E-state index < -0.39 is 17.7 Å². The number of aliphatic hydroxyl groups is 1. The van der Waals surface area contributed by atoms with Crippen molar-refractivity contribution in [3.05, 3.63) is 89.5 Å². The normalized spacial score (nSPS) is 17.2. The van der Waals surface area contributed by atoms with Crippen LogP contribution in [0.4, 0.5) is 5.13 Å². The highest BCUT2D eigenvalue weighted by Crippen LogP contribution is 2.44. The Morgan fingerprint density at radius 3 is 2.57 bits per heavy atom. The van der Waals surface area contributed by atoms with Crippen molar-refractivity contribution in [2.75, 3.05) is 18.6 Å². The van der Waals surface area contributed by atoms with Crippen molar-refractivity contribution in [2.24, 2.45) is 0 Å². The Kier molecular flexibility index (Phi) is 5.96. The largest absolute Gasteiger partial charge is 0.507 e. The lowest BCUT2D eigenvalue weighted by Gasteiger charge is -2.22. The maximum atomic E-state index is 13.4. The van der Waals surface area contributed by atoms with E-state index in [4.69, 9.17) is 9.47 Å². The molecule has 3 aromatic carbocycles. The molecule has 35 heavy (non-hydrogen) atoms. The molecular formula is C27H22N2O5S. The second-order valence-corrected chi connectivity index (χ2v) is 8.88. The maximum Gasteiger partial charge on any atom is 0.301 e. The van der Waals surface area contributed by atoms with Crippen LogP contribution in [0, 0.1) is 0 Å². The Bertz CT molecular complexity index is 1460. The topological polar surface area (TPSA) is 89.0 Å². The molecule has 1 atom stereocenters. The SMILES string of the molecule is CCOc1ccc2nc(N3C(=O)C(=O)C(=C(O)c4cccc(OC)c4)C3c3ccccc3)sc2c1. The van der Waals surface area contributed by atoms with E-state index in [1.807, 2.05) is 55.5 Å². The summed E-state index contributed by atoms with van der Waals surface area (Å²) in [6, 6.07) is 20.6. The molecule has 1 aliphatic heterocycles. The number of aliphatic hydroxyl groups excluding tert-OH is 1. The standard InChI is InChI=1S/C27H22N2O5S/c1-3-34-19-12-13-20-21(15-19)35-27(28-20)29-23(16-8-5-4-6-9-16)22(25(31)26(29)32)24(30)17-10-7-11-18(14-17)33-2/h4-15,23,30H,3H2,1-2H3. The number of nitrogens with zero attached hydrogens (tertiary/aromatic N) is 2. The first kappa shape index (κ1) is 22.6. The summed E-state index contributed by atoms with van der Waals surface area (Å²) in [4.78, 5) is 32.7. The van der Waals surface area contributed by atoms with Gasteiger partial charge < -0.3 is 14.6 Å². The molecule has 0 saturated carbocycles. The molecule has 0 bridgehead atoms. The number of Topliss-reactive ketones (excluding diaryl/α,β-unsaturated/α-hetero) is 1. The van der Waals surface area contributed by atoms with Crippen LogP contribution in [-0.4, -0.2) is 35.5 Å². The van der Waals surface area contributed by atoms with Crippen molar-refractivity contribution in [3.63, 3.8) is 0 Å². The van der Waals surface area contributed by atoms with Crippen LogP contribution < -0.4 is 14.4 Å². The summed E-state index contributed by atoms with van der Waals surface area (Å²) in [5, 5.41) is 11.6. The van der Waals surface area contributed by atoms with Gasteiger partial charge in [-0.15, -0.1) is 0 Å². The summed E-state index contributed by atoms with van der Waals surface area (Å²) in [5.74, 6) is -0.551. The third-order valence-corrected chi connectivity index (χ3v) is 6.79. The molecule has 8 heteroatoms. The van der Waals surface area contributed by atoms with Crippen LogP contribution in [0.5, 0.6) is 11.5 Å². The highest BCUT2D eigenvalue weighted by molar-refractivity contribution is 7.22. The fraction of sp³-hybridized carbons (Fsp3) is 0.148. The molecular weight excluding hydrogens is 464 g/mol. The third kappa shape index (κ3) is 4.02. The summed E-state index contributed by atoms with van der Waals surface area (Å²) in [6.45, 7) is 2.44. The zero-order chi connectivity index (χ0) is 24.5. The number of thiazole rings is 1. The minimum Gasteiger partial charge on any atom is -0.507 e. The van der Waals surface area contributed by atoms with Crippen molar-refractivity contribution in [1.29, 1.82) is 0 Å². The van der Waals surface area contributed by atoms with Gasteiger partial charge in [0.15, 0.2) is 5.13 Å². The van der Waals surface area contributed by atoms with Crippen molar-refractivity contribution in [2.45, 2.75) is 13.0 Å². The smallest absolute Gasteiger partial charge is 0.301 e. The summed E-state index contributed by atoms with van der Waals surface area (Å²) >= 11 is 1.29. The number of hydrogen-bond donors (Lipinski definition) is 1. The van der Waals surface area contributed by atoms with Gasteiger partial charge in [-0.05, 0) is 42.8 Å². The van der Waals surface area contributed by atoms with Crippen molar-refractivity contribution < 1.29 is 24.2 Å². The quantitative estimate of drug-likeness (QED) is 0.225. The molecule has 0 radical (unpaired) electrons. The molecule has 4 aromatic rings. The number of ether oxygens (including phenoxy) is 2. The van der Waals surface area contributed by atoms with Crippen molar-refractivity contribution in [3.8, 4) is 11.5 Å². The van der Waals surface area contributed by atoms with Gasteiger partial charge in [0.25, 0.3) is 5.78 Å². The fourth-order valence-electron chi connectivity index (χ4n) is 4.16. The van der Waals surface area contributed by atoms with Crippen molar-refractivity contribution in [1.82, 2.24) is 4.98 Å². The number of hydrogen-bond acceptors (Lipinski definition) is 7. The number of aromatic nitrogens is 1. The summed E-state index contributed by atoms with van der Waals surface area (Å²) in [6.07, 6.45) is 0. The van der Waals surface area contributed by atoms with Crippen LogP contribution in [0.2, 0.25) is 0 Å². The Hall–Kier alpha value is -4.17. The average Bonchev–Trinajstić information content (AvgIpc) is 3.42. The first-order chi connectivity index (χ1) is 17.0. The van der Waals surface area contributed by atoms with Crippen LogP contribution in [0.3, 0.4) is 0 Å². The van der Waals surface area contributed by atoms with Crippen molar-refractivity contribution >= 4 is 44.1 Å². The zero-order valence-corrected chi connectivity index (χ0v) is 19.9. The van der Waals surface area contributed by atoms with Gasteiger partial charge in [-0.3, -0.25) is 14.5 Å². The first-order valence-electron chi connectivity index (χ1n) is 11.1. The molecule has 0 aliphatic carbocycles. The average molecular weight is 487 g/mol. The summed E-state index contributed by atoms with van der Waals surface area (Å²) in [5.41, 5.74) is 1.76.